The Morgan fingerprint density at radius 1 is 1.47 bits per heavy atom. The number of aliphatic hydroxyl groups excluding tert-OH is 2. The lowest BCUT2D eigenvalue weighted by atomic mass is 10.2. The largest absolute Gasteiger partial charge is 0.395 e. The minimum Gasteiger partial charge on any atom is -0.395 e. The number of hydrogen-bond acceptors (Lipinski definition) is 5. The SMILES string of the molecule is CCN1CCOC(CNC(CO)CO)C1. The number of hydrogen-bond donors (Lipinski definition) is 3. The molecule has 0 aromatic carbocycles. The molecule has 1 unspecified atom stereocenters. The molecule has 1 heterocycles. The smallest absolute Gasteiger partial charge is 0.0826 e. The highest BCUT2D eigenvalue weighted by atomic mass is 16.5. The van der Waals surface area contributed by atoms with Gasteiger partial charge in [0.05, 0.1) is 32.0 Å². The van der Waals surface area contributed by atoms with Crippen LogP contribution in [0.2, 0.25) is 0 Å². The maximum absolute atomic E-state index is 8.88. The van der Waals surface area contributed by atoms with Gasteiger partial charge in [-0.1, -0.05) is 6.92 Å². The third-order valence-corrected chi connectivity index (χ3v) is 2.75. The Balaban J connectivity index is 2.20. The number of rotatable bonds is 6. The fraction of sp³-hybridized carbons (Fsp3) is 1.00. The lowest BCUT2D eigenvalue weighted by Crippen LogP contribution is -2.49. The average Bonchev–Trinajstić information content (AvgIpc) is 2.31. The van der Waals surface area contributed by atoms with Crippen molar-refractivity contribution in [3.05, 3.63) is 0 Å². The van der Waals surface area contributed by atoms with Crippen LogP contribution >= 0.6 is 0 Å². The summed E-state index contributed by atoms with van der Waals surface area (Å²) in [6.45, 7) is 6.47. The minimum absolute atomic E-state index is 0.0410. The molecule has 5 nitrogen and oxygen atoms in total. The van der Waals surface area contributed by atoms with Crippen molar-refractivity contribution in [2.24, 2.45) is 0 Å². The van der Waals surface area contributed by atoms with E-state index < -0.39 is 0 Å². The zero-order chi connectivity index (χ0) is 11.1. The molecule has 3 N–H and O–H groups in total. The van der Waals surface area contributed by atoms with E-state index in [0.29, 0.717) is 6.54 Å². The summed E-state index contributed by atoms with van der Waals surface area (Å²) in [5.41, 5.74) is 0. The Hall–Kier alpha value is -0.200. The fourth-order valence-corrected chi connectivity index (χ4v) is 1.68. The van der Waals surface area contributed by atoms with E-state index in [1.54, 1.807) is 0 Å². The summed E-state index contributed by atoms with van der Waals surface area (Å²) in [7, 11) is 0. The van der Waals surface area contributed by atoms with Crippen LogP contribution < -0.4 is 5.32 Å². The van der Waals surface area contributed by atoms with Gasteiger partial charge in [0.25, 0.3) is 0 Å². The van der Waals surface area contributed by atoms with Crippen LogP contribution in [0.1, 0.15) is 6.92 Å². The lowest BCUT2D eigenvalue weighted by Gasteiger charge is -2.32. The monoisotopic (exact) mass is 218 g/mol. The van der Waals surface area contributed by atoms with E-state index in [0.717, 1.165) is 26.2 Å². The average molecular weight is 218 g/mol. The molecule has 0 aliphatic carbocycles. The number of nitrogens with zero attached hydrogens (tertiary/aromatic N) is 1. The topological polar surface area (TPSA) is 65.0 Å². The van der Waals surface area contributed by atoms with E-state index in [-0.39, 0.29) is 25.4 Å². The second-order valence-corrected chi connectivity index (χ2v) is 3.86. The first kappa shape index (κ1) is 12.9. The van der Waals surface area contributed by atoms with Crippen molar-refractivity contribution in [2.75, 3.05) is 46.0 Å². The molecule has 5 heteroatoms. The minimum atomic E-state index is -0.231. The van der Waals surface area contributed by atoms with E-state index in [1.165, 1.54) is 0 Å². The quantitative estimate of drug-likeness (QED) is 0.514. The molecule has 1 atom stereocenters. The molecule has 0 aromatic rings. The molecule has 1 rings (SSSR count). The van der Waals surface area contributed by atoms with Gasteiger partial charge >= 0.3 is 0 Å². The van der Waals surface area contributed by atoms with Crippen molar-refractivity contribution < 1.29 is 14.9 Å². The van der Waals surface area contributed by atoms with Crippen molar-refractivity contribution in [1.82, 2.24) is 10.2 Å². The van der Waals surface area contributed by atoms with Crippen LogP contribution in [-0.2, 0) is 4.74 Å². The molecule has 0 bridgehead atoms. The number of ether oxygens (including phenoxy) is 1. The summed E-state index contributed by atoms with van der Waals surface area (Å²) in [6, 6.07) is -0.231. The molecule has 90 valence electrons. The molecule has 0 saturated carbocycles. The van der Waals surface area contributed by atoms with Crippen LogP contribution in [0, 0.1) is 0 Å². The third kappa shape index (κ3) is 4.44. The van der Waals surface area contributed by atoms with Crippen molar-refractivity contribution in [3.8, 4) is 0 Å². The summed E-state index contributed by atoms with van der Waals surface area (Å²) in [6.07, 6.45) is 0.166. The van der Waals surface area contributed by atoms with Gasteiger partial charge in [-0.2, -0.15) is 0 Å². The summed E-state index contributed by atoms with van der Waals surface area (Å²) < 4.78 is 5.58. The predicted octanol–water partition coefficient (Wildman–Crippen LogP) is -1.35. The Labute approximate surface area is 91.0 Å². The van der Waals surface area contributed by atoms with E-state index in [4.69, 9.17) is 14.9 Å². The van der Waals surface area contributed by atoms with Gasteiger partial charge < -0.3 is 20.3 Å². The van der Waals surface area contributed by atoms with Gasteiger partial charge in [0.2, 0.25) is 0 Å². The van der Waals surface area contributed by atoms with Crippen LogP contribution in [0.25, 0.3) is 0 Å². The fourth-order valence-electron chi connectivity index (χ4n) is 1.68. The third-order valence-electron chi connectivity index (χ3n) is 2.75. The highest BCUT2D eigenvalue weighted by Crippen LogP contribution is 2.03. The van der Waals surface area contributed by atoms with Crippen LogP contribution in [0.4, 0.5) is 0 Å². The first-order valence-electron chi connectivity index (χ1n) is 5.59. The highest BCUT2D eigenvalue weighted by Gasteiger charge is 2.19. The first-order valence-corrected chi connectivity index (χ1v) is 5.59. The zero-order valence-corrected chi connectivity index (χ0v) is 9.35. The molecule has 0 radical (unpaired) electrons. The maximum atomic E-state index is 8.88. The lowest BCUT2D eigenvalue weighted by molar-refractivity contribution is -0.0278. The molecule has 0 amide bonds. The second kappa shape index (κ2) is 7.14. The molecular formula is C10H22N2O3. The van der Waals surface area contributed by atoms with Crippen molar-refractivity contribution in [2.45, 2.75) is 19.1 Å². The van der Waals surface area contributed by atoms with Gasteiger partial charge in [-0.25, -0.2) is 0 Å². The van der Waals surface area contributed by atoms with Crippen LogP contribution in [-0.4, -0.2) is 73.3 Å². The Morgan fingerprint density at radius 2 is 2.20 bits per heavy atom. The molecular weight excluding hydrogens is 196 g/mol. The van der Waals surface area contributed by atoms with Crippen molar-refractivity contribution in [1.29, 1.82) is 0 Å². The van der Waals surface area contributed by atoms with Crippen LogP contribution in [0.3, 0.4) is 0 Å². The normalized spacial score (nSPS) is 23.6. The number of nitrogens with one attached hydrogen (secondary N) is 1. The Kier molecular flexibility index (Phi) is 6.12. The van der Waals surface area contributed by atoms with Crippen LogP contribution in [0.5, 0.6) is 0 Å². The standard InChI is InChI=1S/C10H22N2O3/c1-2-12-3-4-15-10(6-12)5-11-9(7-13)8-14/h9-11,13-14H,2-8H2,1H3. The predicted molar refractivity (Wildman–Crippen MR) is 57.8 cm³/mol. The molecule has 0 spiro atoms. The Morgan fingerprint density at radius 3 is 2.80 bits per heavy atom. The summed E-state index contributed by atoms with van der Waals surface area (Å²) in [5, 5.41) is 20.8. The molecule has 0 aromatic heterocycles. The van der Waals surface area contributed by atoms with Gasteiger partial charge in [-0.15, -0.1) is 0 Å². The Bertz CT molecular complexity index is 165. The second-order valence-electron chi connectivity index (χ2n) is 3.86. The van der Waals surface area contributed by atoms with E-state index in [9.17, 15) is 0 Å². The zero-order valence-electron chi connectivity index (χ0n) is 9.35. The van der Waals surface area contributed by atoms with Gasteiger partial charge in [0.1, 0.15) is 0 Å². The van der Waals surface area contributed by atoms with Gasteiger partial charge in [-0.05, 0) is 6.54 Å². The van der Waals surface area contributed by atoms with E-state index >= 15 is 0 Å². The van der Waals surface area contributed by atoms with Gasteiger partial charge in [-0.3, -0.25) is 4.90 Å². The molecule has 1 fully saturated rings. The molecule has 1 aliphatic heterocycles. The number of likely N-dealkylation sites (N-methyl/N-ethyl adjacent to an activating group) is 1. The highest BCUT2D eigenvalue weighted by molar-refractivity contribution is 4.75. The number of aliphatic hydroxyl groups is 2. The van der Waals surface area contributed by atoms with Gasteiger partial charge in [0, 0.05) is 19.6 Å². The molecule has 1 aliphatic rings. The molecule has 15 heavy (non-hydrogen) atoms. The summed E-state index contributed by atoms with van der Waals surface area (Å²) in [5.74, 6) is 0. The maximum Gasteiger partial charge on any atom is 0.0826 e. The van der Waals surface area contributed by atoms with E-state index in [1.807, 2.05) is 0 Å². The first-order chi connectivity index (χ1) is 7.30. The molecule has 1 saturated heterocycles. The van der Waals surface area contributed by atoms with Gasteiger partial charge in [0.15, 0.2) is 0 Å². The number of morpholine rings is 1. The summed E-state index contributed by atoms with van der Waals surface area (Å²) >= 11 is 0. The summed E-state index contributed by atoms with van der Waals surface area (Å²) in [4.78, 5) is 2.34. The van der Waals surface area contributed by atoms with E-state index in [2.05, 4.69) is 17.1 Å². The van der Waals surface area contributed by atoms with Crippen molar-refractivity contribution in [3.63, 3.8) is 0 Å². The van der Waals surface area contributed by atoms with Crippen LogP contribution in [0.15, 0.2) is 0 Å². The van der Waals surface area contributed by atoms with Crippen molar-refractivity contribution >= 4 is 0 Å².